The van der Waals surface area contributed by atoms with Crippen LogP contribution < -0.4 is 10.6 Å². The van der Waals surface area contributed by atoms with E-state index in [0.717, 1.165) is 24.6 Å². The standard InChI is InChI=1S/C16H23N5/c1-3-13-7-5-6-8-14(13)11-18-16(17-4-2)19-12-15-9-10-20-21-15/h5-10H,3-4,11-12H2,1-2H3,(H,20,21)(H2,17,18,19). The van der Waals surface area contributed by atoms with Gasteiger partial charge in [0.25, 0.3) is 0 Å². The Balaban J connectivity index is 1.99. The van der Waals surface area contributed by atoms with Gasteiger partial charge in [-0.3, -0.25) is 5.10 Å². The summed E-state index contributed by atoms with van der Waals surface area (Å²) < 4.78 is 0. The molecule has 5 heteroatoms. The van der Waals surface area contributed by atoms with E-state index >= 15 is 0 Å². The van der Waals surface area contributed by atoms with Gasteiger partial charge in [0.2, 0.25) is 0 Å². The summed E-state index contributed by atoms with van der Waals surface area (Å²) in [7, 11) is 0. The monoisotopic (exact) mass is 285 g/mol. The predicted octanol–water partition coefficient (Wildman–Crippen LogP) is 2.23. The van der Waals surface area contributed by atoms with Crippen LogP contribution in [0.3, 0.4) is 0 Å². The van der Waals surface area contributed by atoms with Gasteiger partial charge in [0, 0.05) is 12.7 Å². The molecule has 21 heavy (non-hydrogen) atoms. The van der Waals surface area contributed by atoms with Gasteiger partial charge in [-0.05, 0) is 30.5 Å². The van der Waals surface area contributed by atoms with Crippen molar-refractivity contribution in [3.05, 3.63) is 53.3 Å². The van der Waals surface area contributed by atoms with Crippen LogP contribution in [0.5, 0.6) is 0 Å². The molecule has 1 heterocycles. The van der Waals surface area contributed by atoms with Crippen LogP contribution in [0.25, 0.3) is 0 Å². The minimum Gasteiger partial charge on any atom is -0.357 e. The van der Waals surface area contributed by atoms with Gasteiger partial charge >= 0.3 is 0 Å². The van der Waals surface area contributed by atoms with E-state index in [-0.39, 0.29) is 0 Å². The van der Waals surface area contributed by atoms with Crippen LogP contribution in [0.4, 0.5) is 0 Å². The van der Waals surface area contributed by atoms with E-state index in [9.17, 15) is 0 Å². The molecule has 2 aromatic rings. The molecule has 2 rings (SSSR count). The highest BCUT2D eigenvalue weighted by atomic mass is 15.2. The Morgan fingerprint density at radius 3 is 2.62 bits per heavy atom. The number of hydrogen-bond acceptors (Lipinski definition) is 2. The molecular weight excluding hydrogens is 262 g/mol. The largest absolute Gasteiger partial charge is 0.357 e. The zero-order chi connectivity index (χ0) is 14.9. The highest BCUT2D eigenvalue weighted by Crippen LogP contribution is 2.10. The zero-order valence-corrected chi connectivity index (χ0v) is 12.7. The molecule has 0 saturated carbocycles. The lowest BCUT2D eigenvalue weighted by Crippen LogP contribution is -2.36. The molecule has 3 N–H and O–H groups in total. The van der Waals surface area contributed by atoms with E-state index in [1.807, 2.05) is 6.07 Å². The first kappa shape index (κ1) is 15.1. The summed E-state index contributed by atoms with van der Waals surface area (Å²) in [5, 5.41) is 13.4. The van der Waals surface area contributed by atoms with Crippen LogP contribution in [0.2, 0.25) is 0 Å². The maximum absolute atomic E-state index is 4.65. The van der Waals surface area contributed by atoms with Crippen molar-refractivity contribution in [3.63, 3.8) is 0 Å². The summed E-state index contributed by atoms with van der Waals surface area (Å²) in [6.45, 7) is 6.44. The number of aliphatic imine (C=N–C) groups is 1. The highest BCUT2D eigenvalue weighted by molar-refractivity contribution is 5.79. The fourth-order valence-corrected chi connectivity index (χ4v) is 2.12. The first-order chi connectivity index (χ1) is 10.3. The lowest BCUT2D eigenvalue weighted by atomic mass is 10.1. The van der Waals surface area contributed by atoms with Crippen molar-refractivity contribution < 1.29 is 0 Å². The predicted molar refractivity (Wildman–Crippen MR) is 86.1 cm³/mol. The van der Waals surface area contributed by atoms with E-state index in [0.29, 0.717) is 13.1 Å². The number of H-pyrrole nitrogens is 1. The van der Waals surface area contributed by atoms with Crippen molar-refractivity contribution in [2.75, 3.05) is 6.54 Å². The molecule has 5 nitrogen and oxygen atoms in total. The lowest BCUT2D eigenvalue weighted by Gasteiger charge is -2.11. The summed E-state index contributed by atoms with van der Waals surface area (Å²) in [5.41, 5.74) is 3.67. The molecule has 0 unspecified atom stereocenters. The second-order valence-electron chi connectivity index (χ2n) is 4.75. The quantitative estimate of drug-likeness (QED) is 0.563. The fourth-order valence-electron chi connectivity index (χ4n) is 2.12. The number of aromatic nitrogens is 2. The molecule has 0 aliphatic heterocycles. The molecule has 0 amide bonds. The van der Waals surface area contributed by atoms with Crippen molar-refractivity contribution in [2.24, 2.45) is 4.99 Å². The van der Waals surface area contributed by atoms with Gasteiger partial charge in [-0.15, -0.1) is 0 Å². The number of nitrogens with one attached hydrogen (secondary N) is 3. The number of rotatable bonds is 6. The SMILES string of the molecule is CCNC(=NCc1ccccc1CC)NCc1ccn[nH]1. The summed E-state index contributed by atoms with van der Waals surface area (Å²) in [6, 6.07) is 10.4. The Morgan fingerprint density at radius 1 is 1.14 bits per heavy atom. The summed E-state index contributed by atoms with van der Waals surface area (Å²) in [6.07, 6.45) is 2.78. The third kappa shape index (κ3) is 4.63. The van der Waals surface area contributed by atoms with Gasteiger partial charge in [0.1, 0.15) is 0 Å². The van der Waals surface area contributed by atoms with Crippen LogP contribution in [-0.2, 0) is 19.5 Å². The average Bonchev–Trinajstić information content (AvgIpc) is 3.03. The molecule has 0 saturated heterocycles. The number of aryl methyl sites for hydroxylation is 1. The second kappa shape index (κ2) is 8.09. The van der Waals surface area contributed by atoms with E-state index < -0.39 is 0 Å². The number of aromatic amines is 1. The van der Waals surface area contributed by atoms with Crippen LogP contribution in [0.1, 0.15) is 30.7 Å². The molecule has 112 valence electrons. The molecule has 0 aliphatic rings. The van der Waals surface area contributed by atoms with E-state index in [1.54, 1.807) is 6.20 Å². The zero-order valence-electron chi connectivity index (χ0n) is 12.7. The summed E-state index contributed by atoms with van der Waals surface area (Å²) in [4.78, 5) is 4.65. The van der Waals surface area contributed by atoms with Crippen molar-refractivity contribution in [1.29, 1.82) is 0 Å². The van der Waals surface area contributed by atoms with Crippen LogP contribution in [0, 0.1) is 0 Å². The van der Waals surface area contributed by atoms with Gasteiger partial charge in [-0.1, -0.05) is 31.2 Å². The Kier molecular flexibility index (Phi) is 5.82. The van der Waals surface area contributed by atoms with Gasteiger partial charge in [-0.25, -0.2) is 4.99 Å². The molecular formula is C16H23N5. The van der Waals surface area contributed by atoms with Gasteiger partial charge in [0.15, 0.2) is 5.96 Å². The smallest absolute Gasteiger partial charge is 0.191 e. The third-order valence-electron chi connectivity index (χ3n) is 3.26. The van der Waals surface area contributed by atoms with Gasteiger partial charge in [0.05, 0.1) is 18.8 Å². The second-order valence-corrected chi connectivity index (χ2v) is 4.75. The van der Waals surface area contributed by atoms with Crippen LogP contribution in [0.15, 0.2) is 41.5 Å². The van der Waals surface area contributed by atoms with E-state index in [1.165, 1.54) is 11.1 Å². The number of nitrogens with zero attached hydrogens (tertiary/aromatic N) is 2. The minimum absolute atomic E-state index is 0.682. The van der Waals surface area contributed by atoms with E-state index in [4.69, 9.17) is 0 Å². The maximum Gasteiger partial charge on any atom is 0.191 e. The summed E-state index contributed by atoms with van der Waals surface area (Å²) in [5.74, 6) is 0.818. The topological polar surface area (TPSA) is 65.1 Å². The Morgan fingerprint density at radius 2 is 1.95 bits per heavy atom. The first-order valence-corrected chi connectivity index (χ1v) is 7.40. The molecule has 0 aliphatic carbocycles. The normalized spacial score (nSPS) is 11.4. The Hall–Kier alpha value is -2.30. The maximum atomic E-state index is 4.65. The third-order valence-corrected chi connectivity index (χ3v) is 3.26. The lowest BCUT2D eigenvalue weighted by molar-refractivity contribution is 0.793. The Labute approximate surface area is 125 Å². The summed E-state index contributed by atoms with van der Waals surface area (Å²) >= 11 is 0. The van der Waals surface area contributed by atoms with Gasteiger partial charge in [-0.2, -0.15) is 5.10 Å². The fraction of sp³-hybridized carbons (Fsp3) is 0.375. The Bertz CT molecular complexity index is 560. The molecule has 0 atom stereocenters. The molecule has 0 fully saturated rings. The van der Waals surface area contributed by atoms with Gasteiger partial charge < -0.3 is 10.6 Å². The van der Waals surface area contributed by atoms with Crippen molar-refractivity contribution in [3.8, 4) is 0 Å². The average molecular weight is 285 g/mol. The molecule has 1 aromatic carbocycles. The molecule has 1 aromatic heterocycles. The van der Waals surface area contributed by atoms with Crippen molar-refractivity contribution >= 4 is 5.96 Å². The van der Waals surface area contributed by atoms with Crippen molar-refractivity contribution in [1.82, 2.24) is 20.8 Å². The highest BCUT2D eigenvalue weighted by Gasteiger charge is 2.01. The van der Waals surface area contributed by atoms with Crippen LogP contribution in [-0.4, -0.2) is 22.7 Å². The molecule has 0 bridgehead atoms. The van der Waals surface area contributed by atoms with Crippen LogP contribution >= 0.6 is 0 Å². The molecule has 0 spiro atoms. The minimum atomic E-state index is 0.682. The van der Waals surface area contributed by atoms with E-state index in [2.05, 4.69) is 63.9 Å². The number of hydrogen-bond donors (Lipinski definition) is 3. The molecule has 0 radical (unpaired) electrons. The number of benzene rings is 1. The van der Waals surface area contributed by atoms with Crippen molar-refractivity contribution in [2.45, 2.75) is 33.4 Å². The first-order valence-electron chi connectivity index (χ1n) is 7.40. The number of guanidine groups is 1.